The average Bonchev–Trinajstić information content (AvgIpc) is 3.16. The highest BCUT2D eigenvalue weighted by Crippen LogP contribution is 2.24. The number of rotatable bonds is 5. The van der Waals surface area contributed by atoms with E-state index in [0.717, 1.165) is 24.4 Å². The Hall–Kier alpha value is -3.13. The third kappa shape index (κ3) is 4.34. The summed E-state index contributed by atoms with van der Waals surface area (Å²) in [6.45, 7) is 7.47. The Bertz CT molecular complexity index is 1130. The van der Waals surface area contributed by atoms with Crippen molar-refractivity contribution in [1.29, 1.82) is 0 Å². The molecule has 0 atom stereocenters. The van der Waals surface area contributed by atoms with Crippen LogP contribution in [0.4, 0.5) is 5.69 Å². The molecular formula is C23H27N5O2S. The van der Waals surface area contributed by atoms with E-state index in [1.54, 1.807) is 11.7 Å². The molecule has 4 rings (SSSR count). The fourth-order valence-electron chi connectivity index (χ4n) is 3.94. The third-order valence-electron chi connectivity index (χ3n) is 5.95. The summed E-state index contributed by atoms with van der Waals surface area (Å²) in [5, 5.41) is 7.15. The summed E-state index contributed by atoms with van der Waals surface area (Å²) in [4.78, 5) is 17.3. The van der Waals surface area contributed by atoms with Crippen LogP contribution in [0.3, 0.4) is 0 Å². The molecular weight excluding hydrogens is 410 g/mol. The van der Waals surface area contributed by atoms with Crippen LogP contribution in [0.25, 0.3) is 11.4 Å². The maximum atomic E-state index is 13.0. The van der Waals surface area contributed by atoms with Gasteiger partial charge in [-0.2, -0.15) is 5.10 Å². The highest BCUT2D eigenvalue weighted by molar-refractivity contribution is 7.71. The molecule has 162 valence electrons. The lowest BCUT2D eigenvalue weighted by molar-refractivity contribution is -0.132. The number of aromatic amines is 1. The van der Waals surface area contributed by atoms with Crippen molar-refractivity contribution in [2.24, 2.45) is 0 Å². The maximum absolute atomic E-state index is 13.0. The summed E-state index contributed by atoms with van der Waals surface area (Å²) < 4.78 is 7.42. The van der Waals surface area contributed by atoms with E-state index < -0.39 is 0 Å². The van der Waals surface area contributed by atoms with Gasteiger partial charge < -0.3 is 14.5 Å². The van der Waals surface area contributed by atoms with Crippen LogP contribution in [0.15, 0.2) is 42.5 Å². The van der Waals surface area contributed by atoms with Gasteiger partial charge in [0.1, 0.15) is 12.3 Å². The van der Waals surface area contributed by atoms with Crippen LogP contribution in [-0.2, 0) is 11.3 Å². The molecule has 0 unspecified atom stereocenters. The molecule has 2 aromatic carbocycles. The molecule has 0 bridgehead atoms. The number of carbonyl (C=O) groups excluding carboxylic acids is 1. The van der Waals surface area contributed by atoms with E-state index in [2.05, 4.69) is 47.1 Å². The van der Waals surface area contributed by atoms with Gasteiger partial charge in [-0.1, -0.05) is 12.1 Å². The average molecular weight is 438 g/mol. The Labute approximate surface area is 187 Å². The molecule has 3 aromatic rings. The van der Waals surface area contributed by atoms with Crippen LogP contribution >= 0.6 is 12.2 Å². The van der Waals surface area contributed by atoms with E-state index in [-0.39, 0.29) is 12.5 Å². The first-order valence-electron chi connectivity index (χ1n) is 10.4. The van der Waals surface area contributed by atoms with Crippen molar-refractivity contribution in [2.45, 2.75) is 20.4 Å². The molecule has 1 aliphatic heterocycles. The van der Waals surface area contributed by atoms with Crippen molar-refractivity contribution in [3.63, 3.8) is 0 Å². The Morgan fingerprint density at radius 2 is 1.81 bits per heavy atom. The second-order valence-electron chi connectivity index (χ2n) is 7.75. The first kappa shape index (κ1) is 21.1. The van der Waals surface area contributed by atoms with Gasteiger partial charge in [0.05, 0.1) is 7.11 Å². The van der Waals surface area contributed by atoms with Crippen molar-refractivity contribution in [1.82, 2.24) is 19.7 Å². The highest BCUT2D eigenvalue weighted by atomic mass is 32.1. The van der Waals surface area contributed by atoms with E-state index >= 15 is 0 Å². The predicted octanol–water partition coefficient (Wildman–Crippen LogP) is 3.58. The van der Waals surface area contributed by atoms with E-state index in [9.17, 15) is 4.79 Å². The number of piperazine rings is 1. The Balaban J connectivity index is 1.44. The molecule has 1 fully saturated rings. The fourth-order valence-corrected chi connectivity index (χ4v) is 4.13. The first-order valence-corrected chi connectivity index (χ1v) is 10.8. The van der Waals surface area contributed by atoms with Gasteiger partial charge in [-0.3, -0.25) is 14.5 Å². The molecule has 1 aliphatic rings. The summed E-state index contributed by atoms with van der Waals surface area (Å²) in [7, 11) is 1.63. The molecule has 1 N–H and O–H groups in total. The quantitative estimate of drug-likeness (QED) is 0.618. The number of hydrogen-bond acceptors (Lipinski definition) is 5. The monoisotopic (exact) mass is 437 g/mol. The molecule has 0 spiro atoms. The van der Waals surface area contributed by atoms with Crippen molar-refractivity contribution >= 4 is 23.8 Å². The second kappa shape index (κ2) is 8.93. The number of carbonyl (C=O) groups is 1. The summed E-state index contributed by atoms with van der Waals surface area (Å²) in [6.07, 6.45) is 0. The van der Waals surface area contributed by atoms with E-state index in [1.807, 2.05) is 29.2 Å². The van der Waals surface area contributed by atoms with Crippen molar-refractivity contribution in [2.75, 3.05) is 38.2 Å². The molecule has 1 amide bonds. The number of aryl methyl sites for hydroxylation is 1. The van der Waals surface area contributed by atoms with Gasteiger partial charge in [0.25, 0.3) is 0 Å². The van der Waals surface area contributed by atoms with Crippen LogP contribution in [-0.4, -0.2) is 58.9 Å². The van der Waals surface area contributed by atoms with Crippen LogP contribution in [0.5, 0.6) is 5.75 Å². The number of methoxy groups -OCH3 is 1. The number of aromatic nitrogens is 3. The van der Waals surface area contributed by atoms with Gasteiger partial charge >= 0.3 is 0 Å². The van der Waals surface area contributed by atoms with Gasteiger partial charge in [-0.05, 0) is 67.5 Å². The number of nitrogens with one attached hydrogen (secondary N) is 1. The molecule has 8 heteroatoms. The topological polar surface area (TPSA) is 66.4 Å². The van der Waals surface area contributed by atoms with Crippen LogP contribution in [0.2, 0.25) is 0 Å². The van der Waals surface area contributed by atoms with Gasteiger partial charge in [-0.25, -0.2) is 0 Å². The molecule has 0 radical (unpaired) electrons. The molecule has 1 saturated heterocycles. The molecule has 0 saturated carbocycles. The molecule has 31 heavy (non-hydrogen) atoms. The fraction of sp³-hybridized carbons (Fsp3) is 0.348. The van der Waals surface area contributed by atoms with Crippen LogP contribution in [0, 0.1) is 18.6 Å². The SMILES string of the molecule is COc1ccc(-c2n[nH]c(=S)n2CC(=O)N2CCN(c3cccc(C)c3C)CC2)cc1. The lowest BCUT2D eigenvalue weighted by Gasteiger charge is -2.37. The zero-order chi connectivity index (χ0) is 22.0. The first-order chi connectivity index (χ1) is 15.0. The zero-order valence-electron chi connectivity index (χ0n) is 18.1. The Morgan fingerprint density at radius 3 is 2.48 bits per heavy atom. The second-order valence-corrected chi connectivity index (χ2v) is 8.14. The summed E-state index contributed by atoms with van der Waals surface area (Å²) in [6, 6.07) is 13.9. The third-order valence-corrected chi connectivity index (χ3v) is 6.26. The van der Waals surface area contributed by atoms with Crippen molar-refractivity contribution in [3.05, 3.63) is 58.4 Å². The lowest BCUT2D eigenvalue weighted by atomic mass is 10.1. The predicted molar refractivity (Wildman–Crippen MR) is 124 cm³/mol. The Morgan fingerprint density at radius 1 is 1.10 bits per heavy atom. The van der Waals surface area contributed by atoms with Gasteiger partial charge in [0, 0.05) is 37.4 Å². The van der Waals surface area contributed by atoms with Gasteiger partial charge in [-0.15, -0.1) is 0 Å². The number of ether oxygens (including phenoxy) is 1. The molecule has 2 heterocycles. The maximum Gasteiger partial charge on any atom is 0.242 e. The standard InChI is InChI=1S/C23H27N5O2S/c1-16-5-4-6-20(17(16)2)26-11-13-27(14-12-26)21(29)15-28-22(24-25-23(28)31)18-7-9-19(30-3)10-8-18/h4-10H,11-15H2,1-3H3,(H,25,31). The minimum absolute atomic E-state index is 0.0490. The lowest BCUT2D eigenvalue weighted by Crippen LogP contribution is -2.49. The summed E-state index contributed by atoms with van der Waals surface area (Å²) >= 11 is 5.39. The van der Waals surface area contributed by atoms with Gasteiger partial charge in [0.2, 0.25) is 5.91 Å². The molecule has 7 nitrogen and oxygen atoms in total. The summed E-state index contributed by atoms with van der Waals surface area (Å²) in [5.41, 5.74) is 4.72. The number of hydrogen-bond donors (Lipinski definition) is 1. The van der Waals surface area contributed by atoms with E-state index in [1.165, 1.54) is 16.8 Å². The van der Waals surface area contributed by atoms with E-state index in [4.69, 9.17) is 17.0 Å². The molecule has 1 aromatic heterocycles. The van der Waals surface area contributed by atoms with Crippen LogP contribution < -0.4 is 9.64 Å². The van der Waals surface area contributed by atoms with Crippen molar-refractivity contribution in [3.8, 4) is 17.1 Å². The Kier molecular flexibility index (Phi) is 6.08. The number of amides is 1. The number of nitrogens with zero attached hydrogens (tertiary/aromatic N) is 4. The van der Waals surface area contributed by atoms with Crippen molar-refractivity contribution < 1.29 is 9.53 Å². The highest BCUT2D eigenvalue weighted by Gasteiger charge is 2.23. The van der Waals surface area contributed by atoms with E-state index in [0.29, 0.717) is 23.7 Å². The van der Waals surface area contributed by atoms with Gasteiger partial charge in [0.15, 0.2) is 10.6 Å². The van der Waals surface area contributed by atoms with Crippen LogP contribution in [0.1, 0.15) is 11.1 Å². The minimum Gasteiger partial charge on any atom is -0.497 e. The molecule has 0 aliphatic carbocycles. The largest absolute Gasteiger partial charge is 0.497 e. The number of H-pyrrole nitrogens is 1. The summed E-state index contributed by atoms with van der Waals surface area (Å²) in [5.74, 6) is 1.46. The zero-order valence-corrected chi connectivity index (χ0v) is 18.9. The minimum atomic E-state index is 0.0490. The smallest absolute Gasteiger partial charge is 0.242 e. The number of benzene rings is 2. The normalized spacial score (nSPS) is 14.0. The number of anilines is 1.